The van der Waals surface area contributed by atoms with Crippen LogP contribution < -0.4 is 14.8 Å². The largest absolute Gasteiger partial charge is 0.497 e. The first-order valence-corrected chi connectivity index (χ1v) is 12.4. The molecule has 1 aliphatic rings. The van der Waals surface area contributed by atoms with Gasteiger partial charge in [0.25, 0.3) is 0 Å². The standard InChI is InChI=1S/C30H33NO6/c1-34-26-9-6-10-27(19-26)36-18-16-22-11-13-24(14-12-22)25-15-17-30(20-25,28(32)35-2)31-29(33)37-21-23-7-4-3-5-8-23/h3-14,19,25H,15-18,20-21H2,1-2H3,(H,31,33)/t25-,30-/m1/s1. The van der Waals surface area contributed by atoms with Gasteiger partial charge in [0.2, 0.25) is 0 Å². The first kappa shape index (κ1) is 26.1. The number of esters is 1. The molecule has 0 saturated heterocycles. The third-order valence-electron chi connectivity index (χ3n) is 6.80. The van der Waals surface area contributed by atoms with Crippen molar-refractivity contribution < 1.29 is 28.5 Å². The molecule has 1 aliphatic carbocycles. The van der Waals surface area contributed by atoms with E-state index in [4.69, 9.17) is 18.9 Å². The lowest BCUT2D eigenvalue weighted by molar-refractivity contribution is -0.148. The molecule has 7 nitrogen and oxygen atoms in total. The molecule has 2 atom stereocenters. The smallest absolute Gasteiger partial charge is 0.408 e. The highest BCUT2D eigenvalue weighted by atomic mass is 16.6. The molecule has 7 heteroatoms. The van der Waals surface area contributed by atoms with E-state index in [0.29, 0.717) is 19.4 Å². The van der Waals surface area contributed by atoms with Gasteiger partial charge in [0.1, 0.15) is 23.6 Å². The molecular formula is C30H33NO6. The minimum absolute atomic E-state index is 0.121. The third kappa shape index (κ3) is 6.82. The second kappa shape index (κ2) is 12.3. The highest BCUT2D eigenvalue weighted by molar-refractivity contribution is 5.86. The van der Waals surface area contributed by atoms with Crippen molar-refractivity contribution in [3.63, 3.8) is 0 Å². The van der Waals surface area contributed by atoms with Crippen LogP contribution in [0, 0.1) is 0 Å². The van der Waals surface area contributed by atoms with Crippen LogP contribution in [0.15, 0.2) is 78.9 Å². The molecule has 194 valence electrons. The zero-order chi connectivity index (χ0) is 26.1. The number of carbonyl (C=O) groups excluding carboxylic acids is 2. The van der Waals surface area contributed by atoms with Crippen molar-refractivity contribution in [3.8, 4) is 11.5 Å². The number of carbonyl (C=O) groups is 2. The zero-order valence-electron chi connectivity index (χ0n) is 21.3. The van der Waals surface area contributed by atoms with E-state index in [2.05, 4.69) is 29.6 Å². The van der Waals surface area contributed by atoms with E-state index in [-0.39, 0.29) is 12.5 Å². The van der Waals surface area contributed by atoms with Crippen LogP contribution in [-0.2, 0) is 27.3 Å². The predicted octanol–water partition coefficient (Wildman–Crippen LogP) is 5.42. The summed E-state index contributed by atoms with van der Waals surface area (Å²) in [4.78, 5) is 25.3. The molecule has 3 aromatic rings. The van der Waals surface area contributed by atoms with Crippen molar-refractivity contribution in [2.75, 3.05) is 20.8 Å². The van der Waals surface area contributed by atoms with Gasteiger partial charge in [-0.15, -0.1) is 0 Å². The minimum Gasteiger partial charge on any atom is -0.497 e. The average molecular weight is 504 g/mol. The van der Waals surface area contributed by atoms with Crippen molar-refractivity contribution in [3.05, 3.63) is 95.6 Å². The Bertz CT molecular complexity index is 1180. The molecule has 0 spiro atoms. The highest BCUT2D eigenvalue weighted by Gasteiger charge is 2.48. The van der Waals surface area contributed by atoms with Crippen molar-refractivity contribution in [2.45, 2.75) is 43.7 Å². The Morgan fingerprint density at radius 2 is 1.68 bits per heavy atom. The first-order chi connectivity index (χ1) is 18.0. The number of amides is 1. The lowest BCUT2D eigenvalue weighted by Gasteiger charge is -2.27. The monoisotopic (exact) mass is 503 g/mol. The zero-order valence-corrected chi connectivity index (χ0v) is 21.3. The molecule has 4 rings (SSSR count). The van der Waals surface area contributed by atoms with Crippen LogP contribution in [0.5, 0.6) is 11.5 Å². The van der Waals surface area contributed by atoms with Gasteiger partial charge >= 0.3 is 12.1 Å². The van der Waals surface area contributed by atoms with Crippen molar-refractivity contribution in [2.24, 2.45) is 0 Å². The van der Waals surface area contributed by atoms with Gasteiger partial charge in [-0.1, -0.05) is 60.7 Å². The summed E-state index contributed by atoms with van der Waals surface area (Å²) >= 11 is 0. The summed E-state index contributed by atoms with van der Waals surface area (Å²) in [6.07, 6.45) is 1.84. The molecule has 0 heterocycles. The van der Waals surface area contributed by atoms with Crippen LogP contribution in [0.1, 0.15) is 41.9 Å². The molecule has 1 amide bonds. The number of hydrogen-bond donors (Lipinski definition) is 1. The topological polar surface area (TPSA) is 83.1 Å². The lowest BCUT2D eigenvalue weighted by Crippen LogP contribution is -2.53. The lowest BCUT2D eigenvalue weighted by atomic mass is 9.92. The third-order valence-corrected chi connectivity index (χ3v) is 6.80. The molecule has 0 unspecified atom stereocenters. The van der Waals surface area contributed by atoms with Gasteiger partial charge in [-0.25, -0.2) is 9.59 Å². The van der Waals surface area contributed by atoms with Crippen LogP contribution in [0.25, 0.3) is 0 Å². The van der Waals surface area contributed by atoms with Gasteiger partial charge in [-0.2, -0.15) is 0 Å². The van der Waals surface area contributed by atoms with Crippen LogP contribution in [0.3, 0.4) is 0 Å². The number of ether oxygens (including phenoxy) is 4. The Balaban J connectivity index is 1.32. The normalized spacial score (nSPS) is 18.6. The number of hydrogen-bond acceptors (Lipinski definition) is 6. The van der Waals surface area contributed by atoms with E-state index in [1.807, 2.05) is 54.6 Å². The maximum Gasteiger partial charge on any atom is 0.408 e. The number of rotatable bonds is 10. The van der Waals surface area contributed by atoms with Gasteiger partial charge < -0.3 is 24.3 Å². The average Bonchev–Trinajstić information content (AvgIpc) is 3.37. The molecule has 1 fully saturated rings. The molecule has 0 aliphatic heterocycles. The van der Waals surface area contributed by atoms with Gasteiger partial charge in [0, 0.05) is 12.5 Å². The summed E-state index contributed by atoms with van der Waals surface area (Å²) in [7, 11) is 2.98. The summed E-state index contributed by atoms with van der Waals surface area (Å²) in [6.45, 7) is 0.687. The number of alkyl carbamates (subject to hydrolysis) is 1. The fourth-order valence-electron chi connectivity index (χ4n) is 4.76. The summed E-state index contributed by atoms with van der Waals surface area (Å²) in [5.74, 6) is 1.21. The van der Waals surface area contributed by atoms with Crippen molar-refractivity contribution in [1.82, 2.24) is 5.32 Å². The second-order valence-electron chi connectivity index (χ2n) is 9.22. The van der Waals surface area contributed by atoms with E-state index in [9.17, 15) is 9.59 Å². The maximum atomic E-state index is 12.7. The number of methoxy groups -OCH3 is 2. The Labute approximate surface area is 217 Å². The predicted molar refractivity (Wildman–Crippen MR) is 140 cm³/mol. The SMILES string of the molecule is COC(=O)[C@@]1(NC(=O)OCc2ccccc2)CC[C@@H](c2ccc(CCOc3cccc(OC)c3)cc2)C1. The van der Waals surface area contributed by atoms with E-state index >= 15 is 0 Å². The maximum absolute atomic E-state index is 12.7. The molecule has 0 bridgehead atoms. The van der Waals surface area contributed by atoms with Gasteiger partial charge in [0.05, 0.1) is 20.8 Å². The minimum atomic E-state index is -1.10. The highest BCUT2D eigenvalue weighted by Crippen LogP contribution is 2.42. The molecule has 1 saturated carbocycles. The van der Waals surface area contributed by atoms with Gasteiger partial charge in [-0.3, -0.25) is 0 Å². The van der Waals surface area contributed by atoms with Crippen LogP contribution in [-0.4, -0.2) is 38.4 Å². The summed E-state index contributed by atoms with van der Waals surface area (Å²) < 4.78 is 21.5. The summed E-state index contributed by atoms with van der Waals surface area (Å²) in [5.41, 5.74) is 2.06. The molecular weight excluding hydrogens is 470 g/mol. The second-order valence-corrected chi connectivity index (χ2v) is 9.22. The van der Waals surface area contributed by atoms with E-state index in [0.717, 1.165) is 41.0 Å². The van der Waals surface area contributed by atoms with Gasteiger partial charge in [0.15, 0.2) is 0 Å². The molecule has 3 aromatic carbocycles. The number of benzene rings is 3. The fraction of sp³-hybridized carbons (Fsp3) is 0.333. The van der Waals surface area contributed by atoms with Gasteiger partial charge in [-0.05, 0) is 54.0 Å². The molecule has 0 radical (unpaired) electrons. The summed E-state index contributed by atoms with van der Waals surface area (Å²) in [5, 5.41) is 2.81. The van der Waals surface area contributed by atoms with Crippen molar-refractivity contribution in [1.29, 1.82) is 0 Å². The fourth-order valence-corrected chi connectivity index (χ4v) is 4.76. The number of nitrogens with one attached hydrogen (secondary N) is 1. The molecule has 37 heavy (non-hydrogen) atoms. The Morgan fingerprint density at radius 3 is 2.41 bits per heavy atom. The van der Waals surface area contributed by atoms with Crippen molar-refractivity contribution >= 4 is 12.1 Å². The summed E-state index contributed by atoms with van der Waals surface area (Å²) in [6, 6.07) is 25.3. The first-order valence-electron chi connectivity index (χ1n) is 12.4. The molecule has 1 N–H and O–H groups in total. The Morgan fingerprint density at radius 1 is 0.919 bits per heavy atom. The van der Waals surface area contributed by atoms with E-state index in [1.54, 1.807) is 7.11 Å². The van der Waals surface area contributed by atoms with E-state index in [1.165, 1.54) is 7.11 Å². The van der Waals surface area contributed by atoms with Crippen LogP contribution in [0.2, 0.25) is 0 Å². The van der Waals surface area contributed by atoms with E-state index < -0.39 is 17.6 Å². The van der Waals surface area contributed by atoms with Crippen LogP contribution in [0.4, 0.5) is 4.79 Å². The molecule has 0 aromatic heterocycles. The quantitative estimate of drug-likeness (QED) is 0.372. The Kier molecular flexibility index (Phi) is 8.67. The van der Waals surface area contributed by atoms with Crippen LogP contribution >= 0.6 is 0 Å². The Hall–Kier alpha value is -4.00.